The topological polar surface area (TPSA) is 68.0 Å². The lowest BCUT2D eigenvalue weighted by molar-refractivity contribution is 0.0923. The highest BCUT2D eigenvalue weighted by atomic mass is 16.2. The molecule has 25 heavy (non-hydrogen) atoms. The number of nitrogens with zero attached hydrogens (tertiary/aromatic N) is 5. The number of nitrogens with one attached hydrogen (secondary N) is 1. The molecule has 0 bridgehead atoms. The van der Waals surface area contributed by atoms with E-state index in [-0.39, 0.29) is 17.4 Å². The van der Waals surface area contributed by atoms with Gasteiger partial charge < -0.3 is 10.2 Å². The average molecular weight is 344 g/mol. The van der Waals surface area contributed by atoms with E-state index in [9.17, 15) is 4.79 Å². The number of hydrogen-bond acceptors (Lipinski definition) is 4. The molecule has 0 spiro atoms. The third-order valence-electron chi connectivity index (χ3n) is 4.69. The van der Waals surface area contributed by atoms with Crippen molar-refractivity contribution in [3.8, 4) is 0 Å². The second-order valence-corrected chi connectivity index (χ2v) is 7.92. The van der Waals surface area contributed by atoms with Crippen LogP contribution in [0.25, 0.3) is 0 Å². The van der Waals surface area contributed by atoms with Gasteiger partial charge >= 0.3 is 0 Å². The van der Waals surface area contributed by atoms with Crippen LogP contribution in [0.5, 0.6) is 0 Å². The Morgan fingerprint density at radius 2 is 2.08 bits per heavy atom. The molecule has 1 saturated heterocycles. The van der Waals surface area contributed by atoms with Crippen LogP contribution in [-0.2, 0) is 19.5 Å². The highest BCUT2D eigenvalue weighted by molar-refractivity contribution is 5.93. The van der Waals surface area contributed by atoms with Crippen molar-refractivity contribution in [1.82, 2.24) is 24.9 Å². The number of aryl methyl sites for hydroxylation is 2. The predicted molar refractivity (Wildman–Crippen MR) is 97.8 cm³/mol. The quantitative estimate of drug-likeness (QED) is 0.923. The fourth-order valence-electron chi connectivity index (χ4n) is 3.21. The molecule has 1 aliphatic heterocycles. The van der Waals surface area contributed by atoms with Crippen LogP contribution < -0.4 is 10.2 Å². The van der Waals surface area contributed by atoms with E-state index in [1.54, 1.807) is 9.36 Å². The molecule has 1 fully saturated rings. The van der Waals surface area contributed by atoms with Crippen molar-refractivity contribution >= 4 is 11.6 Å². The molecule has 0 aromatic carbocycles. The van der Waals surface area contributed by atoms with Gasteiger partial charge in [-0.1, -0.05) is 20.8 Å². The molecule has 2 aromatic heterocycles. The van der Waals surface area contributed by atoms with Crippen LogP contribution in [0.4, 0.5) is 5.69 Å². The third-order valence-corrected chi connectivity index (χ3v) is 4.69. The number of aromatic nitrogens is 4. The van der Waals surface area contributed by atoms with Crippen LogP contribution in [0.1, 0.15) is 49.8 Å². The second-order valence-electron chi connectivity index (χ2n) is 7.92. The van der Waals surface area contributed by atoms with Crippen molar-refractivity contribution in [2.45, 2.75) is 45.1 Å². The number of anilines is 1. The minimum absolute atomic E-state index is 0.0523. The molecule has 2 aromatic rings. The molecule has 1 amide bonds. The summed E-state index contributed by atoms with van der Waals surface area (Å²) in [6.07, 6.45) is 5.94. The van der Waals surface area contributed by atoms with Gasteiger partial charge in [0.05, 0.1) is 17.6 Å². The Balaban J connectivity index is 1.67. The number of carbonyl (C=O) groups is 1. The minimum atomic E-state index is -0.0712. The van der Waals surface area contributed by atoms with E-state index >= 15 is 0 Å². The minimum Gasteiger partial charge on any atom is -0.367 e. The van der Waals surface area contributed by atoms with Gasteiger partial charge in [-0.3, -0.25) is 14.2 Å². The predicted octanol–water partition coefficient (Wildman–Crippen LogP) is 1.85. The van der Waals surface area contributed by atoms with Gasteiger partial charge in [-0.2, -0.15) is 10.2 Å². The van der Waals surface area contributed by atoms with Crippen LogP contribution in [0.3, 0.4) is 0 Å². The fourth-order valence-corrected chi connectivity index (χ4v) is 3.21. The summed E-state index contributed by atoms with van der Waals surface area (Å²) in [6.45, 7) is 8.11. The van der Waals surface area contributed by atoms with Crippen LogP contribution in [0.2, 0.25) is 0 Å². The molecule has 136 valence electrons. The van der Waals surface area contributed by atoms with Gasteiger partial charge in [0.15, 0.2) is 0 Å². The molecular weight excluding hydrogens is 316 g/mol. The summed E-state index contributed by atoms with van der Waals surface area (Å²) < 4.78 is 3.48. The largest absolute Gasteiger partial charge is 0.367 e. The van der Waals surface area contributed by atoms with Gasteiger partial charge in [-0.25, -0.2) is 0 Å². The highest BCUT2D eigenvalue weighted by Crippen LogP contribution is 2.22. The Kier molecular flexibility index (Phi) is 4.58. The summed E-state index contributed by atoms with van der Waals surface area (Å²) in [5.41, 5.74) is 2.58. The van der Waals surface area contributed by atoms with Crippen molar-refractivity contribution < 1.29 is 4.79 Å². The first kappa shape index (κ1) is 17.5. The van der Waals surface area contributed by atoms with Crippen molar-refractivity contribution in [1.29, 1.82) is 0 Å². The van der Waals surface area contributed by atoms with E-state index in [2.05, 4.69) is 41.2 Å². The maximum absolute atomic E-state index is 12.7. The van der Waals surface area contributed by atoms with E-state index in [1.165, 1.54) is 0 Å². The summed E-state index contributed by atoms with van der Waals surface area (Å²) in [5, 5.41) is 11.9. The molecule has 1 aliphatic rings. The molecular formula is C18H28N6O. The molecule has 0 saturated carbocycles. The first-order valence-corrected chi connectivity index (χ1v) is 8.83. The average Bonchev–Trinajstić information content (AvgIpc) is 3.13. The van der Waals surface area contributed by atoms with Gasteiger partial charge in [0.25, 0.3) is 5.91 Å². The zero-order valence-corrected chi connectivity index (χ0v) is 15.8. The maximum atomic E-state index is 12.7. The molecule has 3 heterocycles. The standard InChI is InChI=1S/C18H28N6O/c1-18(2,3)16-9-15(23(5)21-16)17(25)20-13-7-6-8-24(11-13)14-10-19-22(4)12-14/h9-10,12-13H,6-8,11H2,1-5H3,(H,20,25)/t13-/m1/s1. The van der Waals surface area contributed by atoms with Gasteiger partial charge in [0, 0.05) is 44.8 Å². The zero-order chi connectivity index (χ0) is 18.2. The van der Waals surface area contributed by atoms with Gasteiger partial charge in [-0.05, 0) is 18.9 Å². The Morgan fingerprint density at radius 1 is 1.32 bits per heavy atom. The van der Waals surface area contributed by atoms with Crippen molar-refractivity contribution in [3.63, 3.8) is 0 Å². The van der Waals surface area contributed by atoms with E-state index in [0.29, 0.717) is 5.69 Å². The lowest BCUT2D eigenvalue weighted by Crippen LogP contribution is -2.48. The molecule has 7 nitrogen and oxygen atoms in total. The smallest absolute Gasteiger partial charge is 0.269 e. The van der Waals surface area contributed by atoms with Crippen molar-refractivity contribution in [2.24, 2.45) is 14.1 Å². The van der Waals surface area contributed by atoms with Gasteiger partial charge in [0.1, 0.15) is 5.69 Å². The van der Waals surface area contributed by atoms with E-state index < -0.39 is 0 Å². The number of hydrogen-bond donors (Lipinski definition) is 1. The lowest BCUT2D eigenvalue weighted by Gasteiger charge is -2.33. The van der Waals surface area contributed by atoms with Crippen LogP contribution >= 0.6 is 0 Å². The van der Waals surface area contributed by atoms with E-state index in [0.717, 1.165) is 37.3 Å². The van der Waals surface area contributed by atoms with E-state index in [4.69, 9.17) is 0 Å². The molecule has 3 rings (SSSR count). The summed E-state index contributed by atoms with van der Waals surface area (Å²) >= 11 is 0. The Morgan fingerprint density at radius 3 is 2.68 bits per heavy atom. The molecule has 0 radical (unpaired) electrons. The molecule has 0 unspecified atom stereocenters. The zero-order valence-electron chi connectivity index (χ0n) is 15.8. The molecule has 7 heteroatoms. The third kappa shape index (κ3) is 3.86. The lowest BCUT2D eigenvalue weighted by atomic mass is 9.92. The van der Waals surface area contributed by atoms with E-state index in [1.807, 2.05) is 32.6 Å². The number of piperidine rings is 1. The molecule has 0 aliphatic carbocycles. The Labute approximate surface area is 149 Å². The van der Waals surface area contributed by atoms with Crippen molar-refractivity contribution in [3.05, 3.63) is 29.8 Å². The second kappa shape index (κ2) is 6.54. The monoisotopic (exact) mass is 344 g/mol. The number of carbonyl (C=O) groups excluding carboxylic acids is 1. The Hall–Kier alpha value is -2.31. The SMILES string of the molecule is Cn1cc(N2CCC[C@@H](NC(=O)c3cc(C(C)(C)C)nn3C)C2)cn1. The fraction of sp³-hybridized carbons (Fsp3) is 0.611. The maximum Gasteiger partial charge on any atom is 0.269 e. The Bertz CT molecular complexity index is 754. The van der Waals surface area contributed by atoms with Crippen LogP contribution in [0, 0.1) is 0 Å². The van der Waals surface area contributed by atoms with Crippen LogP contribution in [0.15, 0.2) is 18.5 Å². The van der Waals surface area contributed by atoms with Crippen molar-refractivity contribution in [2.75, 3.05) is 18.0 Å². The number of rotatable bonds is 3. The summed E-state index contributed by atoms with van der Waals surface area (Å²) in [4.78, 5) is 15.0. The van der Waals surface area contributed by atoms with Crippen LogP contribution in [-0.4, -0.2) is 44.6 Å². The summed E-state index contributed by atoms with van der Waals surface area (Å²) in [6, 6.07) is 2.03. The van der Waals surface area contributed by atoms with Gasteiger partial charge in [-0.15, -0.1) is 0 Å². The first-order chi connectivity index (χ1) is 11.7. The van der Waals surface area contributed by atoms with Gasteiger partial charge in [0.2, 0.25) is 0 Å². The first-order valence-electron chi connectivity index (χ1n) is 8.83. The molecule has 1 N–H and O–H groups in total. The highest BCUT2D eigenvalue weighted by Gasteiger charge is 2.26. The summed E-state index contributed by atoms with van der Waals surface area (Å²) in [7, 11) is 3.74. The normalized spacial score (nSPS) is 18.4. The molecule has 1 atom stereocenters. The number of amides is 1. The summed E-state index contributed by atoms with van der Waals surface area (Å²) in [5.74, 6) is -0.0523.